The maximum Gasteiger partial charge on any atom is 0.315 e. The minimum atomic E-state index is -3.55. The van der Waals surface area contributed by atoms with Crippen LogP contribution in [0.2, 0.25) is 0 Å². The van der Waals surface area contributed by atoms with Gasteiger partial charge in [-0.15, -0.1) is 0 Å². The normalized spacial score (nSPS) is 23.2. The van der Waals surface area contributed by atoms with Crippen molar-refractivity contribution in [2.24, 2.45) is 17.3 Å². The van der Waals surface area contributed by atoms with Crippen molar-refractivity contribution < 1.29 is 36.7 Å². The van der Waals surface area contributed by atoms with Gasteiger partial charge in [0, 0.05) is 12.6 Å². The van der Waals surface area contributed by atoms with Gasteiger partial charge in [-0.25, -0.2) is 9.10 Å². The van der Waals surface area contributed by atoms with E-state index in [1.54, 1.807) is 14.0 Å². The number of amides is 5. The summed E-state index contributed by atoms with van der Waals surface area (Å²) in [5, 5.41) is 11.0. The molecule has 3 fully saturated rings. The van der Waals surface area contributed by atoms with Gasteiger partial charge >= 0.3 is 6.03 Å². The lowest BCUT2D eigenvalue weighted by molar-refractivity contribution is -0.740. The number of hydrogen-bond donors (Lipinski definition) is 5. The summed E-state index contributed by atoms with van der Waals surface area (Å²) >= 11 is 0. The van der Waals surface area contributed by atoms with Gasteiger partial charge in [-0.05, 0) is 56.3 Å². The van der Waals surface area contributed by atoms with Crippen LogP contribution in [0.15, 0.2) is 0 Å². The number of carbonyl (C=O) groups excluding carboxylic acids is 5. The largest absolute Gasteiger partial charge is 0.347 e. The lowest BCUT2D eigenvalue weighted by atomic mass is 9.83. The Labute approximate surface area is 268 Å². The zero-order chi connectivity index (χ0) is 33.7. The lowest BCUT2D eigenvalue weighted by Gasteiger charge is -2.40. The van der Waals surface area contributed by atoms with E-state index in [0.717, 1.165) is 32.1 Å². The number of nitrogens with one attached hydrogen (secondary N) is 5. The highest BCUT2D eigenvalue weighted by Gasteiger charge is 2.47. The second-order valence-corrected chi connectivity index (χ2v) is 16.9. The fourth-order valence-corrected chi connectivity index (χ4v) is 7.94. The molecule has 5 N–H and O–H groups in total. The number of hydrogen-bond acceptors (Lipinski definition) is 7. The Morgan fingerprint density at radius 1 is 1.02 bits per heavy atom. The van der Waals surface area contributed by atoms with E-state index in [1.165, 1.54) is 4.90 Å². The van der Waals surface area contributed by atoms with Crippen molar-refractivity contribution in [2.45, 2.75) is 117 Å². The zero-order valence-corrected chi connectivity index (χ0v) is 28.9. The van der Waals surface area contributed by atoms with Crippen LogP contribution in [0.3, 0.4) is 0 Å². The van der Waals surface area contributed by atoms with E-state index in [2.05, 4.69) is 21.3 Å². The Morgan fingerprint density at radius 3 is 2.18 bits per heavy atom. The van der Waals surface area contributed by atoms with Crippen molar-refractivity contribution in [3.05, 3.63) is 0 Å². The van der Waals surface area contributed by atoms with Crippen molar-refractivity contribution in [3.63, 3.8) is 0 Å². The molecule has 1 heterocycles. The molecule has 0 bridgehead atoms. The Balaban J connectivity index is 1.76. The number of carbonyl (C=O) groups is 5. The van der Waals surface area contributed by atoms with Gasteiger partial charge in [-0.1, -0.05) is 53.9 Å². The molecule has 14 heteroatoms. The zero-order valence-electron chi connectivity index (χ0n) is 28.1. The fourth-order valence-electron chi connectivity index (χ4n) is 6.17. The van der Waals surface area contributed by atoms with E-state index in [9.17, 15) is 32.4 Å². The number of ketones is 1. The van der Waals surface area contributed by atoms with Crippen LogP contribution >= 0.6 is 0 Å². The molecule has 4 atom stereocenters. The summed E-state index contributed by atoms with van der Waals surface area (Å²) in [6, 6.07) is -2.50. The number of likely N-dealkylation sites (tertiary alicyclic amines) is 1. The van der Waals surface area contributed by atoms with Gasteiger partial charge in [0.1, 0.15) is 17.8 Å². The molecule has 3 rings (SSSR count). The van der Waals surface area contributed by atoms with Crippen LogP contribution < -0.4 is 25.6 Å². The molecular formula is C31H55N6O7S+. The van der Waals surface area contributed by atoms with Crippen LogP contribution in [0.5, 0.6) is 0 Å². The molecule has 2 saturated carbocycles. The molecule has 1 aliphatic heterocycles. The van der Waals surface area contributed by atoms with Crippen LogP contribution in [0.4, 0.5) is 4.79 Å². The second-order valence-electron chi connectivity index (χ2n) is 14.7. The van der Waals surface area contributed by atoms with E-state index >= 15 is 0 Å². The van der Waals surface area contributed by atoms with Crippen molar-refractivity contribution in [2.75, 3.05) is 32.4 Å². The molecule has 0 spiro atoms. The predicted octanol–water partition coefficient (Wildman–Crippen LogP) is 0.105. The summed E-state index contributed by atoms with van der Waals surface area (Å²) in [5.74, 6) is -2.44. The Kier molecular flexibility index (Phi) is 12.1. The van der Waals surface area contributed by atoms with Gasteiger partial charge in [-0.2, -0.15) is 8.42 Å². The second kappa shape index (κ2) is 14.8. The predicted molar refractivity (Wildman–Crippen MR) is 170 cm³/mol. The number of nitrogens with zero attached hydrogens (tertiary/aromatic N) is 1. The maximum atomic E-state index is 14.2. The van der Waals surface area contributed by atoms with Crippen LogP contribution in [-0.2, 0) is 29.2 Å². The van der Waals surface area contributed by atoms with Crippen molar-refractivity contribution >= 4 is 39.6 Å². The first-order valence-corrected chi connectivity index (χ1v) is 18.1. The van der Waals surface area contributed by atoms with E-state index in [4.69, 9.17) is 0 Å². The number of rotatable bonds is 13. The number of Topliss-reactive ketones (excluding diaryl/α,β-unsaturated/α-hetero) is 1. The highest BCUT2D eigenvalue weighted by molar-refractivity contribution is 7.85. The van der Waals surface area contributed by atoms with E-state index < -0.39 is 69.1 Å². The maximum absolute atomic E-state index is 14.2. The molecule has 0 aromatic carbocycles. The highest BCUT2D eigenvalue weighted by atomic mass is 32.2. The minimum absolute atomic E-state index is 0.0155. The molecule has 45 heavy (non-hydrogen) atoms. The topological polar surface area (TPSA) is 175 Å². The van der Waals surface area contributed by atoms with Gasteiger partial charge in [-0.3, -0.25) is 19.2 Å². The van der Waals surface area contributed by atoms with Crippen molar-refractivity contribution in [1.82, 2.24) is 26.2 Å². The smallest absolute Gasteiger partial charge is 0.315 e. The Hall–Kier alpha value is -2.74. The summed E-state index contributed by atoms with van der Waals surface area (Å²) in [6.07, 6.45) is 5.62. The van der Waals surface area contributed by atoms with Gasteiger partial charge in [0.25, 0.3) is 15.9 Å². The average molecular weight is 656 g/mol. The summed E-state index contributed by atoms with van der Waals surface area (Å²) < 4.78 is 26.6. The van der Waals surface area contributed by atoms with Crippen LogP contribution in [0.1, 0.15) is 92.9 Å². The van der Waals surface area contributed by atoms with Crippen molar-refractivity contribution in [3.8, 4) is 0 Å². The minimum Gasteiger partial charge on any atom is -0.347 e. The molecule has 2 aliphatic carbocycles. The van der Waals surface area contributed by atoms with Crippen molar-refractivity contribution in [1.29, 1.82) is 0 Å². The van der Waals surface area contributed by atoms with Crippen LogP contribution in [-0.4, -0.2) is 99.0 Å². The standard InChI is InChI=1S/C31H54N6O7S/c1-8-36(7)45(43,44)19-31(14-10-9-11-15-31)35-29(42)34-25(30(4,5)6)28(41)37-18-21(20(2)3)16-23(37)26(39)32-17-24(38)27(40)33-22-12-13-22/h20-23,25H,8-19H2,1-7H3,(H,32,39)(H,33,40)(H2,34,35,42)/p+1/t21?,23-,25+/m0/s1. The summed E-state index contributed by atoms with van der Waals surface area (Å²) in [7, 11) is -1.94. The van der Waals surface area contributed by atoms with Gasteiger partial charge in [0.15, 0.2) is 0 Å². The Morgan fingerprint density at radius 2 is 1.64 bits per heavy atom. The molecule has 0 aromatic rings. The first-order valence-electron chi connectivity index (χ1n) is 16.4. The number of sulfonamides is 1. The molecular weight excluding hydrogens is 600 g/mol. The quantitative estimate of drug-likeness (QED) is 0.175. The first kappa shape index (κ1) is 36.7. The number of urea groups is 1. The SMILES string of the molecule is CC[NH+](C)S(=O)(=O)CC1(NC(=O)N[C@H](C(=O)N2CC(C(C)C)C[C@H]2C(=O)NCC(=O)C(=O)NC2CC2)C(C)(C)C)CCCCC1. The van der Waals surface area contributed by atoms with Gasteiger partial charge in [0.2, 0.25) is 17.6 Å². The van der Waals surface area contributed by atoms with E-state index in [1.807, 2.05) is 34.6 Å². The lowest BCUT2D eigenvalue weighted by Crippen LogP contribution is -3.11. The summed E-state index contributed by atoms with van der Waals surface area (Å²) in [5.41, 5.74) is -1.69. The third-order valence-electron chi connectivity index (χ3n) is 9.52. The first-order chi connectivity index (χ1) is 20.9. The van der Waals surface area contributed by atoms with Crippen LogP contribution in [0.25, 0.3) is 0 Å². The van der Waals surface area contributed by atoms with E-state index in [0.29, 0.717) is 36.7 Å². The monoisotopic (exact) mass is 655 g/mol. The summed E-state index contributed by atoms with van der Waals surface area (Å²) in [6.45, 7) is 11.5. The molecule has 5 amide bonds. The Bertz CT molecular complexity index is 1220. The molecule has 13 nitrogen and oxygen atoms in total. The average Bonchev–Trinajstić information content (AvgIpc) is 3.65. The number of quaternary nitrogens is 1. The van der Waals surface area contributed by atoms with Gasteiger partial charge < -0.3 is 26.2 Å². The highest BCUT2D eigenvalue weighted by Crippen LogP contribution is 2.33. The molecule has 0 radical (unpaired) electrons. The van der Waals surface area contributed by atoms with Crippen LogP contribution in [0, 0.1) is 17.3 Å². The molecule has 2 unspecified atom stereocenters. The molecule has 0 aromatic heterocycles. The third kappa shape index (κ3) is 9.87. The van der Waals surface area contributed by atoms with E-state index in [-0.39, 0.29) is 23.6 Å². The fraction of sp³-hybridized carbons (Fsp3) is 0.839. The molecule has 256 valence electrons. The molecule has 1 saturated heterocycles. The summed E-state index contributed by atoms with van der Waals surface area (Å²) in [4.78, 5) is 67.0. The third-order valence-corrected chi connectivity index (χ3v) is 11.8. The van der Waals surface area contributed by atoms with Gasteiger partial charge in [0.05, 0.1) is 25.7 Å². The molecule has 3 aliphatic rings.